The molecule has 4 aliphatic heterocycles. The number of fused-ring (bicyclic) bond motifs is 4. The number of rotatable bonds is 3. The second kappa shape index (κ2) is 5.88. The number of benzene rings is 1. The lowest BCUT2D eigenvalue weighted by atomic mass is 9.79. The normalized spacial score (nSPS) is 29.6. The average Bonchev–Trinajstić information content (AvgIpc) is 3.13. The van der Waals surface area contributed by atoms with Crippen LogP contribution >= 0.6 is 0 Å². The Bertz CT molecular complexity index is 787. The highest BCUT2D eigenvalue weighted by molar-refractivity contribution is 5.76. The smallest absolute Gasteiger partial charge is 0.231 e. The largest absolute Gasteiger partial charge is 0.454 e. The van der Waals surface area contributed by atoms with Crippen LogP contribution < -0.4 is 14.8 Å². The maximum Gasteiger partial charge on any atom is 0.231 e. The van der Waals surface area contributed by atoms with Crippen LogP contribution in [0.3, 0.4) is 0 Å². The summed E-state index contributed by atoms with van der Waals surface area (Å²) in [6.07, 6.45) is 4.27. The van der Waals surface area contributed by atoms with Gasteiger partial charge in [0, 0.05) is 17.6 Å². The molecule has 4 aliphatic rings. The number of aromatic nitrogens is 2. The minimum absolute atomic E-state index is 0.287. The van der Waals surface area contributed by atoms with Crippen LogP contribution in [0.25, 0.3) is 11.1 Å². The van der Waals surface area contributed by atoms with E-state index in [1.165, 1.54) is 25.9 Å². The number of nitrogens with zero attached hydrogens (tertiary/aromatic N) is 3. The predicted octanol–water partition coefficient (Wildman–Crippen LogP) is 2.77. The van der Waals surface area contributed by atoms with Gasteiger partial charge in [0.15, 0.2) is 17.3 Å². The highest BCUT2D eigenvalue weighted by Crippen LogP contribution is 2.39. The van der Waals surface area contributed by atoms with Crippen LogP contribution in [0.4, 0.5) is 5.82 Å². The quantitative estimate of drug-likeness (QED) is 0.929. The minimum Gasteiger partial charge on any atom is -0.454 e. The van der Waals surface area contributed by atoms with Crippen LogP contribution in [-0.2, 0) is 0 Å². The molecule has 25 heavy (non-hydrogen) atoms. The Hall–Kier alpha value is -2.34. The van der Waals surface area contributed by atoms with Crippen molar-refractivity contribution in [3.05, 3.63) is 30.5 Å². The zero-order valence-electron chi connectivity index (χ0n) is 14.3. The summed E-state index contributed by atoms with van der Waals surface area (Å²) in [5, 5.41) is 12.2. The van der Waals surface area contributed by atoms with Gasteiger partial charge in [-0.3, -0.25) is 4.90 Å². The molecule has 6 heteroatoms. The molecular weight excluding hydrogens is 316 g/mol. The van der Waals surface area contributed by atoms with E-state index in [4.69, 9.17) is 9.47 Å². The van der Waals surface area contributed by atoms with Crippen LogP contribution in [0.2, 0.25) is 0 Å². The maximum absolute atomic E-state index is 5.52. The van der Waals surface area contributed by atoms with Gasteiger partial charge in [0.05, 0.1) is 6.20 Å². The molecule has 0 aliphatic carbocycles. The van der Waals surface area contributed by atoms with Crippen molar-refractivity contribution in [3.8, 4) is 22.6 Å². The van der Waals surface area contributed by atoms with Gasteiger partial charge in [-0.05, 0) is 62.5 Å². The van der Waals surface area contributed by atoms with Crippen molar-refractivity contribution in [2.45, 2.75) is 31.8 Å². The van der Waals surface area contributed by atoms with Crippen molar-refractivity contribution in [1.82, 2.24) is 15.1 Å². The summed E-state index contributed by atoms with van der Waals surface area (Å²) < 4.78 is 10.9. The monoisotopic (exact) mass is 338 g/mol. The first kappa shape index (κ1) is 15.0. The fraction of sp³-hybridized carbons (Fsp3) is 0.474. The molecule has 1 N–H and O–H groups in total. The van der Waals surface area contributed by atoms with E-state index in [1.807, 2.05) is 18.2 Å². The Morgan fingerprint density at radius 2 is 1.96 bits per heavy atom. The van der Waals surface area contributed by atoms with E-state index in [0.29, 0.717) is 18.0 Å². The molecule has 0 radical (unpaired) electrons. The van der Waals surface area contributed by atoms with Gasteiger partial charge in [-0.25, -0.2) is 0 Å². The fourth-order valence-corrected chi connectivity index (χ4v) is 4.44. The lowest BCUT2D eigenvalue weighted by molar-refractivity contribution is 0.0457. The van der Waals surface area contributed by atoms with E-state index in [2.05, 4.69) is 33.4 Å². The van der Waals surface area contributed by atoms with E-state index >= 15 is 0 Å². The molecule has 1 aromatic heterocycles. The summed E-state index contributed by atoms with van der Waals surface area (Å²) in [6.45, 7) is 5.05. The Morgan fingerprint density at radius 1 is 1.12 bits per heavy atom. The number of piperidine rings is 3. The van der Waals surface area contributed by atoms with E-state index in [-0.39, 0.29) is 6.79 Å². The topological polar surface area (TPSA) is 59.5 Å². The SMILES string of the molecule is C[C@@H]1[C@@H](Nc2nnccc2-c2ccc3c(c2)OCO3)C2CCN1CC2. The van der Waals surface area contributed by atoms with Crippen molar-refractivity contribution in [1.29, 1.82) is 0 Å². The van der Waals surface area contributed by atoms with Crippen molar-refractivity contribution in [2.24, 2.45) is 5.92 Å². The van der Waals surface area contributed by atoms with E-state index in [0.717, 1.165) is 28.4 Å². The first-order chi connectivity index (χ1) is 12.3. The molecule has 3 saturated heterocycles. The first-order valence-corrected chi connectivity index (χ1v) is 9.02. The van der Waals surface area contributed by atoms with Gasteiger partial charge >= 0.3 is 0 Å². The third kappa shape index (κ3) is 2.52. The summed E-state index contributed by atoms with van der Waals surface area (Å²) in [7, 11) is 0. The third-order valence-electron chi connectivity index (χ3n) is 5.89. The number of hydrogen-bond donors (Lipinski definition) is 1. The van der Waals surface area contributed by atoms with Crippen LogP contribution in [0.15, 0.2) is 30.5 Å². The number of anilines is 1. The second-order valence-corrected chi connectivity index (χ2v) is 7.15. The summed E-state index contributed by atoms with van der Waals surface area (Å²) in [6, 6.07) is 8.99. The minimum atomic E-state index is 0.287. The van der Waals surface area contributed by atoms with Crippen LogP contribution in [0, 0.1) is 5.92 Å². The molecule has 0 amide bonds. The van der Waals surface area contributed by atoms with E-state index < -0.39 is 0 Å². The van der Waals surface area contributed by atoms with Gasteiger partial charge in [-0.15, -0.1) is 5.10 Å². The van der Waals surface area contributed by atoms with Crippen molar-refractivity contribution >= 4 is 5.82 Å². The van der Waals surface area contributed by atoms with Gasteiger partial charge in [0.1, 0.15) is 0 Å². The van der Waals surface area contributed by atoms with Gasteiger partial charge in [0.2, 0.25) is 6.79 Å². The summed E-state index contributed by atoms with van der Waals surface area (Å²) in [5.41, 5.74) is 2.12. The highest BCUT2D eigenvalue weighted by Gasteiger charge is 2.40. The first-order valence-electron chi connectivity index (χ1n) is 9.02. The van der Waals surface area contributed by atoms with Gasteiger partial charge in [-0.2, -0.15) is 5.10 Å². The molecular formula is C19H22N4O2. The second-order valence-electron chi connectivity index (χ2n) is 7.15. The average molecular weight is 338 g/mol. The molecule has 3 fully saturated rings. The van der Waals surface area contributed by atoms with Crippen LogP contribution in [0.5, 0.6) is 11.5 Å². The molecule has 2 bridgehead atoms. The standard InChI is InChI=1S/C19H22N4O2/c1-12-18(13-5-8-23(12)9-6-13)21-19-15(4-7-20-22-19)14-2-3-16-17(10-14)25-11-24-16/h2-4,7,10,12-13,18H,5-6,8-9,11H2,1H3,(H,21,22)/t12-,18-/m1/s1. The Kier molecular flexibility index (Phi) is 3.52. The Labute approximate surface area is 147 Å². The lowest BCUT2D eigenvalue weighted by Crippen LogP contribution is -2.59. The zero-order chi connectivity index (χ0) is 16.8. The number of hydrogen-bond acceptors (Lipinski definition) is 6. The van der Waals surface area contributed by atoms with Gasteiger partial charge in [0.25, 0.3) is 0 Å². The molecule has 2 aromatic rings. The molecule has 1 aromatic carbocycles. The summed E-state index contributed by atoms with van der Waals surface area (Å²) in [4.78, 5) is 2.58. The molecule has 130 valence electrons. The third-order valence-corrected chi connectivity index (χ3v) is 5.89. The van der Waals surface area contributed by atoms with Gasteiger partial charge < -0.3 is 14.8 Å². The van der Waals surface area contributed by atoms with E-state index in [9.17, 15) is 0 Å². The lowest BCUT2D eigenvalue weighted by Gasteiger charge is -2.50. The molecule has 0 unspecified atom stereocenters. The van der Waals surface area contributed by atoms with E-state index in [1.54, 1.807) is 6.20 Å². The van der Waals surface area contributed by atoms with Crippen molar-refractivity contribution < 1.29 is 9.47 Å². The summed E-state index contributed by atoms with van der Waals surface area (Å²) in [5.74, 6) is 3.15. The zero-order valence-corrected chi connectivity index (χ0v) is 14.3. The highest BCUT2D eigenvalue weighted by atomic mass is 16.7. The maximum atomic E-state index is 5.52. The van der Waals surface area contributed by atoms with Gasteiger partial charge in [-0.1, -0.05) is 6.07 Å². The Balaban J connectivity index is 1.47. The molecule has 0 saturated carbocycles. The molecule has 6 rings (SSSR count). The Morgan fingerprint density at radius 3 is 2.80 bits per heavy atom. The summed E-state index contributed by atoms with van der Waals surface area (Å²) >= 11 is 0. The number of ether oxygens (including phenoxy) is 2. The number of nitrogens with one attached hydrogen (secondary N) is 1. The fourth-order valence-electron chi connectivity index (χ4n) is 4.44. The molecule has 5 heterocycles. The van der Waals surface area contributed by atoms with Crippen molar-refractivity contribution in [3.63, 3.8) is 0 Å². The van der Waals surface area contributed by atoms with Crippen molar-refractivity contribution in [2.75, 3.05) is 25.2 Å². The molecule has 2 atom stereocenters. The van der Waals surface area contributed by atoms with Crippen LogP contribution in [-0.4, -0.2) is 47.1 Å². The van der Waals surface area contributed by atoms with Crippen LogP contribution in [0.1, 0.15) is 19.8 Å². The molecule has 6 nitrogen and oxygen atoms in total. The molecule has 0 spiro atoms. The predicted molar refractivity (Wildman–Crippen MR) is 94.8 cm³/mol.